The van der Waals surface area contributed by atoms with E-state index >= 15 is 0 Å². The highest BCUT2D eigenvalue weighted by Gasteiger charge is 1.99. The molecule has 0 saturated carbocycles. The van der Waals surface area contributed by atoms with Crippen LogP contribution in [0.4, 0.5) is 0 Å². The van der Waals surface area contributed by atoms with Crippen molar-refractivity contribution in [2.45, 2.75) is 33.1 Å². The van der Waals surface area contributed by atoms with E-state index in [2.05, 4.69) is 32.0 Å². The second-order valence-corrected chi connectivity index (χ2v) is 3.35. The van der Waals surface area contributed by atoms with Crippen LogP contribution in [-0.2, 0) is 19.3 Å². The SMILES string of the molecule is CCc1ccc(CCN)cc1CC. The number of hydrogen-bond acceptors (Lipinski definition) is 1. The van der Waals surface area contributed by atoms with Crippen molar-refractivity contribution >= 4 is 0 Å². The Morgan fingerprint density at radius 3 is 2.31 bits per heavy atom. The summed E-state index contributed by atoms with van der Waals surface area (Å²) < 4.78 is 0. The van der Waals surface area contributed by atoms with E-state index in [0.717, 1.165) is 25.8 Å². The van der Waals surface area contributed by atoms with Gasteiger partial charge in [0.1, 0.15) is 0 Å². The molecule has 1 aromatic rings. The van der Waals surface area contributed by atoms with Gasteiger partial charge in [-0.2, -0.15) is 0 Å². The molecule has 0 aliphatic rings. The normalized spacial score (nSPS) is 10.4. The molecule has 0 unspecified atom stereocenters. The van der Waals surface area contributed by atoms with Gasteiger partial charge in [-0.25, -0.2) is 0 Å². The van der Waals surface area contributed by atoms with E-state index in [1.807, 2.05) is 0 Å². The number of nitrogens with two attached hydrogens (primary N) is 1. The first-order chi connectivity index (χ1) is 6.31. The second-order valence-electron chi connectivity index (χ2n) is 3.35. The Bertz CT molecular complexity index is 266. The molecular formula is C12H19N. The molecule has 0 atom stereocenters. The predicted molar refractivity (Wildman–Crippen MR) is 58.0 cm³/mol. The minimum atomic E-state index is 0.745. The highest BCUT2D eigenvalue weighted by molar-refractivity contribution is 5.32. The van der Waals surface area contributed by atoms with Crippen molar-refractivity contribution in [1.82, 2.24) is 0 Å². The molecule has 0 aliphatic carbocycles. The van der Waals surface area contributed by atoms with Crippen LogP contribution in [-0.4, -0.2) is 6.54 Å². The van der Waals surface area contributed by atoms with Gasteiger partial charge >= 0.3 is 0 Å². The Kier molecular flexibility index (Phi) is 3.97. The number of rotatable bonds is 4. The Balaban J connectivity index is 2.91. The van der Waals surface area contributed by atoms with E-state index < -0.39 is 0 Å². The van der Waals surface area contributed by atoms with Gasteiger partial charge in [0.25, 0.3) is 0 Å². The first-order valence-corrected chi connectivity index (χ1v) is 5.12. The van der Waals surface area contributed by atoms with E-state index in [0.29, 0.717) is 0 Å². The molecule has 72 valence electrons. The first kappa shape index (κ1) is 10.3. The van der Waals surface area contributed by atoms with Crippen molar-refractivity contribution in [3.05, 3.63) is 34.9 Å². The van der Waals surface area contributed by atoms with Crippen molar-refractivity contribution in [3.8, 4) is 0 Å². The highest BCUT2D eigenvalue weighted by Crippen LogP contribution is 2.13. The van der Waals surface area contributed by atoms with E-state index in [9.17, 15) is 0 Å². The van der Waals surface area contributed by atoms with Crippen LogP contribution in [0.15, 0.2) is 18.2 Å². The summed E-state index contributed by atoms with van der Waals surface area (Å²) in [5.74, 6) is 0. The molecule has 0 bridgehead atoms. The van der Waals surface area contributed by atoms with Gasteiger partial charge in [0.15, 0.2) is 0 Å². The summed E-state index contributed by atoms with van der Waals surface area (Å²) in [5.41, 5.74) is 9.85. The molecule has 0 heterocycles. The Labute approximate surface area is 81.0 Å². The quantitative estimate of drug-likeness (QED) is 0.750. The van der Waals surface area contributed by atoms with Crippen molar-refractivity contribution in [2.24, 2.45) is 5.73 Å². The summed E-state index contributed by atoms with van der Waals surface area (Å²) in [7, 11) is 0. The smallest absolute Gasteiger partial charge is 0.00367 e. The van der Waals surface area contributed by atoms with Crippen LogP contribution in [0.3, 0.4) is 0 Å². The molecule has 1 aromatic carbocycles. The number of benzene rings is 1. The van der Waals surface area contributed by atoms with Crippen LogP contribution in [0.2, 0.25) is 0 Å². The van der Waals surface area contributed by atoms with Crippen molar-refractivity contribution in [1.29, 1.82) is 0 Å². The summed E-state index contributed by atoms with van der Waals surface area (Å²) in [4.78, 5) is 0. The summed E-state index contributed by atoms with van der Waals surface area (Å²) in [6, 6.07) is 6.74. The van der Waals surface area contributed by atoms with Crippen LogP contribution < -0.4 is 5.73 Å². The average Bonchev–Trinajstić information content (AvgIpc) is 2.18. The van der Waals surface area contributed by atoms with Crippen molar-refractivity contribution in [2.75, 3.05) is 6.54 Å². The van der Waals surface area contributed by atoms with Crippen LogP contribution in [0, 0.1) is 0 Å². The monoisotopic (exact) mass is 177 g/mol. The summed E-state index contributed by atoms with van der Waals surface area (Å²) in [6.07, 6.45) is 3.25. The minimum Gasteiger partial charge on any atom is -0.330 e. The molecule has 0 amide bonds. The predicted octanol–water partition coefficient (Wildman–Crippen LogP) is 2.31. The maximum atomic E-state index is 5.52. The summed E-state index contributed by atoms with van der Waals surface area (Å²) in [6.45, 7) is 5.16. The van der Waals surface area contributed by atoms with Crippen molar-refractivity contribution < 1.29 is 0 Å². The standard InChI is InChI=1S/C12H19N/c1-3-11-6-5-10(7-8-13)9-12(11)4-2/h5-6,9H,3-4,7-8,13H2,1-2H3. The van der Waals surface area contributed by atoms with Crippen LogP contribution in [0.25, 0.3) is 0 Å². The van der Waals surface area contributed by atoms with Gasteiger partial charge in [0.2, 0.25) is 0 Å². The zero-order valence-electron chi connectivity index (χ0n) is 8.64. The Morgan fingerprint density at radius 1 is 1.08 bits per heavy atom. The molecule has 0 spiro atoms. The topological polar surface area (TPSA) is 26.0 Å². The minimum absolute atomic E-state index is 0.745. The van der Waals surface area contributed by atoms with E-state index in [1.54, 1.807) is 0 Å². The fourth-order valence-corrected chi connectivity index (χ4v) is 1.68. The molecule has 2 N–H and O–H groups in total. The Morgan fingerprint density at radius 2 is 1.77 bits per heavy atom. The van der Waals surface area contributed by atoms with Crippen molar-refractivity contribution in [3.63, 3.8) is 0 Å². The van der Waals surface area contributed by atoms with E-state index in [1.165, 1.54) is 16.7 Å². The molecule has 0 aliphatic heterocycles. The fraction of sp³-hybridized carbons (Fsp3) is 0.500. The largest absolute Gasteiger partial charge is 0.330 e. The maximum absolute atomic E-state index is 5.52. The van der Waals surface area contributed by atoms with Gasteiger partial charge in [-0.05, 0) is 42.5 Å². The molecule has 0 radical (unpaired) electrons. The zero-order valence-corrected chi connectivity index (χ0v) is 8.64. The number of aryl methyl sites for hydroxylation is 2. The number of hydrogen-bond donors (Lipinski definition) is 1. The third-order valence-corrected chi connectivity index (χ3v) is 2.47. The van der Waals surface area contributed by atoms with Gasteiger partial charge in [-0.3, -0.25) is 0 Å². The molecule has 1 nitrogen and oxygen atoms in total. The van der Waals surface area contributed by atoms with E-state index in [4.69, 9.17) is 5.73 Å². The lowest BCUT2D eigenvalue weighted by Gasteiger charge is -2.07. The third-order valence-electron chi connectivity index (χ3n) is 2.47. The maximum Gasteiger partial charge on any atom is -0.00367 e. The van der Waals surface area contributed by atoms with Gasteiger partial charge in [-0.1, -0.05) is 32.0 Å². The lowest BCUT2D eigenvalue weighted by molar-refractivity contribution is 0.951. The van der Waals surface area contributed by atoms with E-state index in [-0.39, 0.29) is 0 Å². The van der Waals surface area contributed by atoms with Gasteiger partial charge in [-0.15, -0.1) is 0 Å². The summed E-state index contributed by atoms with van der Waals surface area (Å²) in [5, 5.41) is 0. The zero-order chi connectivity index (χ0) is 9.68. The molecule has 13 heavy (non-hydrogen) atoms. The fourth-order valence-electron chi connectivity index (χ4n) is 1.68. The second kappa shape index (κ2) is 5.03. The van der Waals surface area contributed by atoms with Crippen LogP contribution in [0.5, 0.6) is 0 Å². The molecule has 1 rings (SSSR count). The average molecular weight is 177 g/mol. The van der Waals surface area contributed by atoms with Gasteiger partial charge < -0.3 is 5.73 Å². The lowest BCUT2D eigenvalue weighted by Crippen LogP contribution is -2.03. The third kappa shape index (κ3) is 2.56. The lowest BCUT2D eigenvalue weighted by atomic mass is 9.99. The van der Waals surface area contributed by atoms with Gasteiger partial charge in [0.05, 0.1) is 0 Å². The molecular weight excluding hydrogens is 158 g/mol. The molecule has 0 fully saturated rings. The van der Waals surface area contributed by atoms with Crippen LogP contribution >= 0.6 is 0 Å². The molecule has 0 saturated heterocycles. The van der Waals surface area contributed by atoms with Gasteiger partial charge in [0, 0.05) is 0 Å². The summed E-state index contributed by atoms with van der Waals surface area (Å²) >= 11 is 0. The Hall–Kier alpha value is -0.820. The molecule has 0 aromatic heterocycles. The first-order valence-electron chi connectivity index (χ1n) is 5.12. The highest BCUT2D eigenvalue weighted by atomic mass is 14.5. The van der Waals surface area contributed by atoms with Crippen LogP contribution in [0.1, 0.15) is 30.5 Å². The molecule has 1 heteroatoms.